The number of amides is 1. The first-order chi connectivity index (χ1) is 12.2. The first-order valence-corrected chi connectivity index (χ1v) is 8.97. The normalized spacial score (nSPS) is 12.0. The summed E-state index contributed by atoms with van der Waals surface area (Å²) in [4.78, 5) is 17.1. The number of aliphatic hydroxyl groups excluding tert-OH is 1. The van der Waals surface area contributed by atoms with Gasteiger partial charge in [-0.1, -0.05) is 11.6 Å². The first kappa shape index (κ1) is 20.8. The molecule has 2 aromatic rings. The third-order valence-corrected chi connectivity index (χ3v) is 4.29. The molecule has 9 heteroatoms. The largest absolute Gasteiger partial charge is 0.391 e. The van der Waals surface area contributed by atoms with Crippen LogP contribution in [0.1, 0.15) is 22.8 Å². The van der Waals surface area contributed by atoms with Crippen LogP contribution in [0.3, 0.4) is 0 Å². The molecule has 0 aliphatic carbocycles. The highest BCUT2D eigenvalue weighted by atomic mass is 127. The molecule has 140 valence electrons. The topological polar surface area (TPSA) is 70.6 Å². The summed E-state index contributed by atoms with van der Waals surface area (Å²) in [7, 11) is 0. The Balaban J connectivity index is 2.39. The van der Waals surface area contributed by atoms with Crippen LogP contribution in [0.2, 0.25) is 5.02 Å². The van der Waals surface area contributed by atoms with Crippen molar-refractivity contribution in [2.45, 2.75) is 20.0 Å². The van der Waals surface area contributed by atoms with Gasteiger partial charge in [-0.3, -0.25) is 9.63 Å². The number of hydrogen-bond acceptors (Lipinski definition) is 4. The van der Waals surface area contributed by atoms with Gasteiger partial charge in [-0.2, -0.15) is 0 Å². The van der Waals surface area contributed by atoms with Crippen LogP contribution in [-0.2, 0) is 4.84 Å². The summed E-state index contributed by atoms with van der Waals surface area (Å²) >= 11 is 7.80. The van der Waals surface area contributed by atoms with Crippen molar-refractivity contribution in [2.24, 2.45) is 0 Å². The van der Waals surface area contributed by atoms with Crippen LogP contribution in [0.15, 0.2) is 24.3 Å². The molecule has 0 aliphatic rings. The number of nitrogens with one attached hydrogen (secondary N) is 2. The van der Waals surface area contributed by atoms with Crippen molar-refractivity contribution in [2.75, 3.05) is 11.9 Å². The summed E-state index contributed by atoms with van der Waals surface area (Å²) < 4.78 is 29.3. The second kappa shape index (κ2) is 8.94. The molecule has 3 N–H and O–H groups in total. The van der Waals surface area contributed by atoms with Gasteiger partial charge in [-0.15, -0.1) is 0 Å². The van der Waals surface area contributed by atoms with E-state index in [4.69, 9.17) is 21.5 Å². The zero-order chi connectivity index (χ0) is 19.4. The maximum absolute atomic E-state index is 14.4. The fraction of sp³-hybridized carbons (Fsp3) is 0.235. The van der Waals surface area contributed by atoms with E-state index in [9.17, 15) is 13.6 Å². The minimum Gasteiger partial charge on any atom is -0.391 e. The van der Waals surface area contributed by atoms with E-state index in [-0.39, 0.29) is 17.9 Å². The number of aliphatic hydroxyl groups is 1. The molecule has 1 unspecified atom stereocenters. The Morgan fingerprint density at radius 2 is 2.04 bits per heavy atom. The fourth-order valence-electron chi connectivity index (χ4n) is 2.08. The third-order valence-electron chi connectivity index (χ3n) is 3.34. The number of anilines is 2. The van der Waals surface area contributed by atoms with E-state index in [0.717, 1.165) is 15.2 Å². The lowest BCUT2D eigenvalue weighted by molar-refractivity contribution is -0.00684. The van der Waals surface area contributed by atoms with Crippen molar-refractivity contribution in [1.82, 2.24) is 5.48 Å². The monoisotopic (exact) mass is 496 g/mol. The summed E-state index contributed by atoms with van der Waals surface area (Å²) in [5.41, 5.74) is 2.75. The Hall–Kier alpha value is -1.49. The molecule has 1 atom stereocenters. The molecule has 0 saturated carbocycles. The van der Waals surface area contributed by atoms with Gasteiger partial charge in [-0.05, 0) is 66.3 Å². The maximum Gasteiger partial charge on any atom is 0.277 e. The molecule has 0 aromatic heterocycles. The molecular formula is C17H16ClF2IN2O3. The van der Waals surface area contributed by atoms with Crippen molar-refractivity contribution in [3.8, 4) is 0 Å². The third kappa shape index (κ3) is 5.03. The smallest absolute Gasteiger partial charge is 0.277 e. The second-order valence-corrected chi connectivity index (χ2v) is 7.24. The Kier molecular flexibility index (Phi) is 7.16. The highest BCUT2D eigenvalue weighted by Crippen LogP contribution is 2.32. The average molecular weight is 497 g/mol. The van der Waals surface area contributed by atoms with Crippen LogP contribution in [0.25, 0.3) is 0 Å². The average Bonchev–Trinajstić information content (AvgIpc) is 2.56. The first-order valence-electron chi connectivity index (χ1n) is 7.51. The summed E-state index contributed by atoms with van der Waals surface area (Å²) in [6.07, 6.45) is -0.809. The summed E-state index contributed by atoms with van der Waals surface area (Å²) in [6, 6.07) is 6.32. The second-order valence-electron chi connectivity index (χ2n) is 5.58. The molecule has 0 radical (unpaired) electrons. The Morgan fingerprint density at radius 3 is 2.65 bits per heavy atom. The van der Waals surface area contributed by atoms with Crippen LogP contribution >= 0.6 is 34.2 Å². The molecule has 2 aromatic carbocycles. The fourth-order valence-corrected chi connectivity index (χ4v) is 2.92. The summed E-state index contributed by atoms with van der Waals surface area (Å²) in [5.74, 6) is -3.38. The van der Waals surface area contributed by atoms with Crippen molar-refractivity contribution < 1.29 is 23.5 Å². The molecule has 2 rings (SSSR count). The van der Waals surface area contributed by atoms with Gasteiger partial charge in [0.1, 0.15) is 6.61 Å². The minimum atomic E-state index is -1.28. The number of carbonyl (C=O) groups is 1. The predicted molar refractivity (Wildman–Crippen MR) is 104 cm³/mol. The van der Waals surface area contributed by atoms with E-state index < -0.39 is 28.7 Å². The van der Waals surface area contributed by atoms with E-state index in [1.54, 1.807) is 19.1 Å². The van der Waals surface area contributed by atoms with Crippen molar-refractivity contribution >= 4 is 51.5 Å². The van der Waals surface area contributed by atoms with Crippen LogP contribution in [0.4, 0.5) is 20.2 Å². The minimum absolute atomic E-state index is 0.165. The van der Waals surface area contributed by atoms with E-state index in [1.165, 1.54) is 6.92 Å². The highest BCUT2D eigenvalue weighted by molar-refractivity contribution is 14.1. The molecular weight excluding hydrogens is 481 g/mol. The van der Waals surface area contributed by atoms with Gasteiger partial charge in [-0.25, -0.2) is 14.3 Å². The molecule has 1 amide bonds. The Bertz CT molecular complexity index is 834. The van der Waals surface area contributed by atoms with E-state index in [0.29, 0.717) is 5.69 Å². The van der Waals surface area contributed by atoms with Gasteiger partial charge in [0, 0.05) is 9.26 Å². The van der Waals surface area contributed by atoms with Gasteiger partial charge in [0.15, 0.2) is 11.6 Å². The number of aryl methyl sites for hydroxylation is 1. The molecule has 0 bridgehead atoms. The quantitative estimate of drug-likeness (QED) is 0.317. The van der Waals surface area contributed by atoms with Crippen molar-refractivity contribution in [1.29, 1.82) is 0 Å². The molecule has 0 saturated heterocycles. The van der Waals surface area contributed by atoms with Crippen LogP contribution < -0.4 is 10.8 Å². The van der Waals surface area contributed by atoms with Crippen LogP contribution in [0, 0.1) is 22.1 Å². The number of rotatable bonds is 6. The highest BCUT2D eigenvalue weighted by Gasteiger charge is 2.23. The van der Waals surface area contributed by atoms with Gasteiger partial charge >= 0.3 is 0 Å². The molecule has 5 nitrogen and oxygen atoms in total. The number of hydrogen-bond donors (Lipinski definition) is 3. The van der Waals surface area contributed by atoms with E-state index in [1.807, 2.05) is 6.07 Å². The van der Waals surface area contributed by atoms with Gasteiger partial charge in [0.25, 0.3) is 5.91 Å². The zero-order valence-electron chi connectivity index (χ0n) is 13.9. The maximum atomic E-state index is 14.4. The van der Waals surface area contributed by atoms with E-state index >= 15 is 0 Å². The number of halogens is 4. The Labute approximate surface area is 167 Å². The van der Waals surface area contributed by atoms with E-state index in [2.05, 4.69) is 33.4 Å². The molecule has 0 spiro atoms. The number of hydroxylamine groups is 1. The van der Waals surface area contributed by atoms with Crippen LogP contribution in [0.5, 0.6) is 0 Å². The summed E-state index contributed by atoms with van der Waals surface area (Å²) in [6.45, 7) is 3.09. The van der Waals surface area contributed by atoms with Crippen molar-refractivity contribution in [3.63, 3.8) is 0 Å². The molecule has 26 heavy (non-hydrogen) atoms. The van der Waals surface area contributed by atoms with Gasteiger partial charge in [0.2, 0.25) is 0 Å². The number of benzene rings is 2. The van der Waals surface area contributed by atoms with Crippen molar-refractivity contribution in [3.05, 3.63) is 55.6 Å². The van der Waals surface area contributed by atoms with Gasteiger partial charge < -0.3 is 10.4 Å². The lowest BCUT2D eigenvalue weighted by Gasteiger charge is -2.16. The SMILES string of the molecule is Cc1cc(I)ccc1Nc1c(C(=O)NOCC(C)O)cc(Cl)c(F)c1F. The van der Waals surface area contributed by atoms with Gasteiger partial charge in [0.05, 0.1) is 22.4 Å². The van der Waals surface area contributed by atoms with Crippen LogP contribution in [-0.4, -0.2) is 23.7 Å². The molecule has 0 fully saturated rings. The number of carbonyl (C=O) groups excluding carboxylic acids is 1. The standard InChI is InChI=1S/C17H16ClF2IN2O3/c1-8-5-10(21)3-4-13(8)22-16-11(6-12(18)14(19)15(16)20)17(25)23-26-7-9(2)24/h3-6,9,22,24H,7H2,1-2H3,(H,23,25). The zero-order valence-corrected chi connectivity index (χ0v) is 16.8. The predicted octanol–water partition coefficient (Wildman–Crippen LogP) is 4.32. The Morgan fingerprint density at radius 1 is 1.35 bits per heavy atom. The summed E-state index contributed by atoms with van der Waals surface area (Å²) in [5, 5.41) is 11.4. The molecule has 0 heterocycles. The lowest BCUT2D eigenvalue weighted by atomic mass is 10.1. The lowest BCUT2D eigenvalue weighted by Crippen LogP contribution is -2.28. The molecule has 0 aliphatic heterocycles.